The molecule has 0 unspecified atom stereocenters. The third kappa shape index (κ3) is 3.15. The molecule has 1 aromatic rings. The van der Waals surface area contributed by atoms with Crippen molar-refractivity contribution in [3.05, 3.63) is 10.6 Å². The van der Waals surface area contributed by atoms with Crippen molar-refractivity contribution < 1.29 is 9.59 Å². The highest BCUT2D eigenvalue weighted by molar-refractivity contribution is 7.08. The van der Waals surface area contributed by atoms with E-state index in [1.165, 1.54) is 0 Å². The van der Waals surface area contributed by atoms with E-state index >= 15 is 0 Å². The highest BCUT2D eigenvalue weighted by atomic mass is 32.1. The average molecular weight is 296 g/mol. The second-order valence-electron chi connectivity index (χ2n) is 4.86. The van der Waals surface area contributed by atoms with Crippen LogP contribution in [0.5, 0.6) is 0 Å². The zero-order valence-corrected chi connectivity index (χ0v) is 12.8. The first-order chi connectivity index (χ1) is 9.67. The summed E-state index contributed by atoms with van der Waals surface area (Å²) in [5, 5.41) is 3.95. The van der Waals surface area contributed by atoms with E-state index in [1.807, 2.05) is 11.8 Å². The third-order valence-corrected chi connectivity index (χ3v) is 4.23. The number of nitrogens with zero attached hydrogens (tertiary/aromatic N) is 4. The van der Waals surface area contributed by atoms with Gasteiger partial charge in [0.15, 0.2) is 0 Å². The smallest absolute Gasteiger partial charge is 0.268 e. The number of carbonyl (C=O) groups excluding carboxylic acids is 2. The molecule has 1 aromatic heterocycles. The standard InChI is InChI=1S/C13H20N4O2S/c1-3-5-6-16-7-8-17(9-11(16)18)13(19)12-10(4-2)14-15-20-12/h3-9H2,1-2H3. The molecule has 0 aliphatic carbocycles. The van der Waals surface area contributed by atoms with Crippen LogP contribution in [-0.4, -0.2) is 57.4 Å². The predicted molar refractivity (Wildman–Crippen MR) is 76.7 cm³/mol. The number of aromatic nitrogens is 2. The van der Waals surface area contributed by atoms with Gasteiger partial charge >= 0.3 is 0 Å². The molecule has 1 fully saturated rings. The van der Waals surface area contributed by atoms with Gasteiger partial charge in [0.2, 0.25) is 5.91 Å². The molecule has 1 aliphatic rings. The maximum absolute atomic E-state index is 12.4. The summed E-state index contributed by atoms with van der Waals surface area (Å²) in [7, 11) is 0. The molecule has 2 heterocycles. The monoisotopic (exact) mass is 296 g/mol. The Morgan fingerprint density at radius 3 is 2.80 bits per heavy atom. The van der Waals surface area contributed by atoms with Gasteiger partial charge in [0.25, 0.3) is 5.91 Å². The van der Waals surface area contributed by atoms with E-state index < -0.39 is 0 Å². The molecule has 0 N–H and O–H groups in total. The van der Waals surface area contributed by atoms with Crippen molar-refractivity contribution in [2.24, 2.45) is 0 Å². The Balaban J connectivity index is 1.99. The van der Waals surface area contributed by atoms with E-state index in [9.17, 15) is 9.59 Å². The molecule has 0 spiro atoms. The van der Waals surface area contributed by atoms with Crippen molar-refractivity contribution >= 4 is 23.3 Å². The molecule has 6 nitrogen and oxygen atoms in total. The first-order valence-corrected chi connectivity index (χ1v) is 7.83. The van der Waals surface area contributed by atoms with Gasteiger partial charge in [-0.25, -0.2) is 0 Å². The van der Waals surface area contributed by atoms with E-state index in [4.69, 9.17) is 0 Å². The zero-order chi connectivity index (χ0) is 14.5. The van der Waals surface area contributed by atoms with Gasteiger partial charge in [-0.2, -0.15) is 0 Å². The summed E-state index contributed by atoms with van der Waals surface area (Å²) < 4.78 is 3.83. The van der Waals surface area contributed by atoms with E-state index in [2.05, 4.69) is 16.5 Å². The fraction of sp³-hybridized carbons (Fsp3) is 0.692. The predicted octanol–water partition coefficient (Wildman–Crippen LogP) is 1.19. The van der Waals surface area contributed by atoms with Gasteiger partial charge in [-0.3, -0.25) is 9.59 Å². The lowest BCUT2D eigenvalue weighted by atomic mass is 10.2. The van der Waals surface area contributed by atoms with Crippen molar-refractivity contribution in [3.8, 4) is 0 Å². The molecule has 0 saturated carbocycles. The summed E-state index contributed by atoms with van der Waals surface area (Å²) in [6, 6.07) is 0. The molecule has 2 rings (SSSR count). The molecule has 2 amide bonds. The number of hydrogen-bond acceptors (Lipinski definition) is 5. The number of hydrogen-bond donors (Lipinski definition) is 0. The fourth-order valence-electron chi connectivity index (χ4n) is 2.21. The topological polar surface area (TPSA) is 66.4 Å². The van der Waals surface area contributed by atoms with Crippen LogP contribution >= 0.6 is 11.5 Å². The van der Waals surface area contributed by atoms with Gasteiger partial charge < -0.3 is 9.80 Å². The van der Waals surface area contributed by atoms with E-state index in [0.717, 1.165) is 36.6 Å². The third-order valence-electron chi connectivity index (χ3n) is 3.47. The fourth-order valence-corrected chi connectivity index (χ4v) is 2.93. The number of rotatable bonds is 5. The summed E-state index contributed by atoms with van der Waals surface area (Å²) in [4.78, 5) is 28.5. The molecule has 0 atom stereocenters. The second kappa shape index (κ2) is 6.78. The minimum Gasteiger partial charge on any atom is -0.339 e. The summed E-state index contributed by atoms with van der Waals surface area (Å²) in [5.41, 5.74) is 0.723. The molecule has 20 heavy (non-hydrogen) atoms. The number of carbonyl (C=O) groups is 2. The summed E-state index contributed by atoms with van der Waals surface area (Å²) in [5.74, 6) is -0.0751. The van der Waals surface area contributed by atoms with Crippen LogP contribution in [0.2, 0.25) is 0 Å². The molecule has 0 bridgehead atoms. The molecular weight excluding hydrogens is 276 g/mol. The van der Waals surface area contributed by atoms with Crippen LogP contribution in [0.1, 0.15) is 42.1 Å². The number of piperazine rings is 1. The van der Waals surface area contributed by atoms with Crippen LogP contribution in [-0.2, 0) is 11.2 Å². The van der Waals surface area contributed by atoms with E-state index in [-0.39, 0.29) is 18.4 Å². The van der Waals surface area contributed by atoms with Crippen molar-refractivity contribution in [2.45, 2.75) is 33.1 Å². The van der Waals surface area contributed by atoms with Gasteiger partial charge in [0.05, 0.1) is 5.69 Å². The Hall–Kier alpha value is -1.50. The quantitative estimate of drug-likeness (QED) is 0.818. The molecule has 0 radical (unpaired) electrons. The Bertz CT molecular complexity index is 488. The zero-order valence-electron chi connectivity index (χ0n) is 12.0. The van der Waals surface area contributed by atoms with Crippen molar-refractivity contribution in [1.82, 2.24) is 19.4 Å². The molecule has 1 saturated heterocycles. The Morgan fingerprint density at radius 2 is 2.15 bits per heavy atom. The first kappa shape index (κ1) is 14.9. The molecule has 1 aliphatic heterocycles. The van der Waals surface area contributed by atoms with Gasteiger partial charge in [-0.05, 0) is 24.4 Å². The van der Waals surface area contributed by atoms with Crippen LogP contribution in [0.4, 0.5) is 0 Å². The van der Waals surface area contributed by atoms with Crippen molar-refractivity contribution in [3.63, 3.8) is 0 Å². The highest BCUT2D eigenvalue weighted by Crippen LogP contribution is 2.16. The minimum absolute atomic E-state index is 0.0357. The van der Waals surface area contributed by atoms with Crippen LogP contribution in [0.3, 0.4) is 0 Å². The Kier molecular flexibility index (Phi) is 5.05. The molecule has 0 aromatic carbocycles. The van der Waals surface area contributed by atoms with Gasteiger partial charge in [-0.15, -0.1) is 5.10 Å². The second-order valence-corrected chi connectivity index (χ2v) is 5.62. The van der Waals surface area contributed by atoms with Crippen molar-refractivity contribution in [1.29, 1.82) is 0 Å². The lowest BCUT2D eigenvalue weighted by Crippen LogP contribution is -2.52. The van der Waals surface area contributed by atoms with E-state index in [1.54, 1.807) is 4.90 Å². The lowest BCUT2D eigenvalue weighted by molar-refractivity contribution is -0.135. The van der Waals surface area contributed by atoms with Crippen LogP contribution in [0, 0.1) is 0 Å². The Morgan fingerprint density at radius 1 is 1.35 bits per heavy atom. The first-order valence-electron chi connectivity index (χ1n) is 7.05. The number of unbranched alkanes of at least 4 members (excludes halogenated alkanes) is 1. The van der Waals surface area contributed by atoms with Crippen LogP contribution in [0.25, 0.3) is 0 Å². The van der Waals surface area contributed by atoms with Crippen molar-refractivity contribution in [2.75, 3.05) is 26.2 Å². The lowest BCUT2D eigenvalue weighted by Gasteiger charge is -2.34. The number of amides is 2. The van der Waals surface area contributed by atoms with E-state index in [0.29, 0.717) is 24.4 Å². The van der Waals surface area contributed by atoms with Gasteiger partial charge in [-0.1, -0.05) is 24.8 Å². The van der Waals surface area contributed by atoms with Gasteiger partial charge in [0.1, 0.15) is 11.4 Å². The molecule has 7 heteroatoms. The van der Waals surface area contributed by atoms with Crippen LogP contribution in [0.15, 0.2) is 0 Å². The van der Waals surface area contributed by atoms with Gasteiger partial charge in [0, 0.05) is 19.6 Å². The highest BCUT2D eigenvalue weighted by Gasteiger charge is 2.29. The molecular formula is C13H20N4O2S. The van der Waals surface area contributed by atoms with Crippen LogP contribution < -0.4 is 0 Å². The minimum atomic E-state index is -0.111. The maximum Gasteiger partial charge on any atom is 0.268 e. The average Bonchev–Trinajstić information content (AvgIpc) is 2.93. The molecule has 110 valence electrons. The maximum atomic E-state index is 12.4. The SMILES string of the molecule is CCCCN1CCN(C(=O)c2snnc2CC)CC1=O. The summed E-state index contributed by atoms with van der Waals surface area (Å²) >= 11 is 1.11. The summed E-state index contributed by atoms with van der Waals surface area (Å²) in [6.45, 7) is 6.23. The Labute approximate surface area is 122 Å². The summed E-state index contributed by atoms with van der Waals surface area (Å²) in [6.07, 6.45) is 2.76. The number of aryl methyl sites for hydroxylation is 1. The normalized spacial score (nSPS) is 15.8. The largest absolute Gasteiger partial charge is 0.339 e.